The average Bonchev–Trinajstić information content (AvgIpc) is 2.85. The van der Waals surface area contributed by atoms with Crippen molar-refractivity contribution in [3.8, 4) is 0 Å². The molecule has 0 spiro atoms. The Bertz CT molecular complexity index is 1100. The van der Waals surface area contributed by atoms with Crippen LogP contribution in [0.1, 0.15) is 53.5 Å². The number of ether oxygens (including phenoxy) is 3. The van der Waals surface area contributed by atoms with E-state index in [2.05, 4.69) is 46.9 Å². The molecule has 9 nitrogen and oxygen atoms in total. The van der Waals surface area contributed by atoms with Crippen LogP contribution in [0.15, 0.2) is 41.0 Å². The van der Waals surface area contributed by atoms with Crippen molar-refractivity contribution >= 4 is 32.2 Å². The highest BCUT2D eigenvalue weighted by Crippen LogP contribution is 2.56. The van der Waals surface area contributed by atoms with Crippen molar-refractivity contribution in [2.24, 2.45) is 0 Å². The monoisotopic (exact) mass is 563 g/mol. The predicted octanol–water partition coefficient (Wildman–Crippen LogP) is 3.51. The van der Waals surface area contributed by atoms with Crippen LogP contribution in [-0.4, -0.2) is 68.0 Å². The van der Waals surface area contributed by atoms with Crippen molar-refractivity contribution in [3.63, 3.8) is 0 Å². The lowest BCUT2D eigenvalue weighted by atomic mass is 10.0. The van der Waals surface area contributed by atoms with E-state index in [1.54, 1.807) is 0 Å². The van der Waals surface area contributed by atoms with E-state index in [1.807, 2.05) is 30.3 Å². The minimum absolute atomic E-state index is 0.116. The SMILES string of the molecule is CC(C)(C)[Si]1(C(C)(C)C)OC[C@H]2O[C@@H]3OC4=C(S[C@@H]3[C@@H](O)[C@H]2O1)C(=O)N[C@H](C(=O)OCc1ccccc1)C4. The Kier molecular flexibility index (Phi) is 7.23. The number of rotatable bonds is 3. The molecule has 38 heavy (non-hydrogen) atoms. The maximum Gasteiger partial charge on any atom is 0.349 e. The first-order chi connectivity index (χ1) is 17.8. The van der Waals surface area contributed by atoms with E-state index < -0.39 is 56.3 Å². The minimum Gasteiger partial charge on any atom is -0.466 e. The van der Waals surface area contributed by atoms with Crippen molar-refractivity contribution in [2.45, 2.75) is 101 Å². The zero-order valence-electron chi connectivity index (χ0n) is 22.7. The second-order valence-corrected chi connectivity index (χ2v) is 18.3. The first-order valence-electron chi connectivity index (χ1n) is 13.0. The van der Waals surface area contributed by atoms with Gasteiger partial charge in [-0.05, 0) is 5.56 Å². The molecule has 4 aliphatic heterocycles. The Morgan fingerprint density at radius 2 is 1.84 bits per heavy atom. The Balaban J connectivity index is 1.30. The number of aliphatic hydroxyl groups is 1. The molecule has 2 saturated heterocycles. The van der Waals surface area contributed by atoms with Gasteiger partial charge in [-0.1, -0.05) is 71.9 Å². The number of nitrogens with one attached hydrogen (secondary N) is 1. The molecule has 0 aromatic heterocycles. The van der Waals surface area contributed by atoms with Crippen molar-refractivity contribution in [3.05, 3.63) is 46.6 Å². The molecule has 5 rings (SSSR count). The number of benzene rings is 1. The number of carbonyl (C=O) groups excluding carboxylic acids is 2. The Hall–Kier alpha value is -1.89. The van der Waals surface area contributed by atoms with E-state index in [4.69, 9.17) is 23.1 Å². The normalized spacial score (nSPS) is 32.8. The summed E-state index contributed by atoms with van der Waals surface area (Å²) in [6, 6.07) is 8.48. The summed E-state index contributed by atoms with van der Waals surface area (Å²) in [6.45, 7) is 13.1. The van der Waals surface area contributed by atoms with E-state index in [0.29, 0.717) is 17.3 Å². The summed E-state index contributed by atoms with van der Waals surface area (Å²) in [5.74, 6) is -0.585. The van der Waals surface area contributed by atoms with Gasteiger partial charge in [-0.2, -0.15) is 0 Å². The van der Waals surface area contributed by atoms with E-state index >= 15 is 0 Å². The molecule has 0 bridgehead atoms. The second kappa shape index (κ2) is 9.94. The highest BCUT2D eigenvalue weighted by atomic mass is 32.2. The zero-order valence-corrected chi connectivity index (χ0v) is 24.5. The molecule has 2 fully saturated rings. The summed E-state index contributed by atoms with van der Waals surface area (Å²) in [7, 11) is -2.83. The molecule has 0 saturated carbocycles. The number of amides is 1. The van der Waals surface area contributed by atoms with Gasteiger partial charge in [-0.25, -0.2) is 4.79 Å². The second-order valence-electron chi connectivity index (χ2n) is 12.3. The summed E-state index contributed by atoms with van der Waals surface area (Å²) in [4.78, 5) is 26.1. The lowest BCUT2D eigenvalue weighted by Crippen LogP contribution is -2.71. The maximum atomic E-state index is 13.0. The Labute approximate surface area is 228 Å². The maximum absolute atomic E-state index is 13.0. The van der Waals surface area contributed by atoms with Gasteiger partial charge in [-0.3, -0.25) is 4.79 Å². The van der Waals surface area contributed by atoms with Gasteiger partial charge in [0.25, 0.3) is 5.91 Å². The van der Waals surface area contributed by atoms with E-state index in [9.17, 15) is 14.7 Å². The number of aliphatic hydroxyl groups excluding tert-OH is 1. The lowest BCUT2D eigenvalue weighted by Gasteiger charge is -2.58. The highest BCUT2D eigenvalue weighted by molar-refractivity contribution is 8.04. The molecule has 0 aliphatic carbocycles. The third kappa shape index (κ3) is 4.82. The molecular weight excluding hydrogens is 526 g/mol. The van der Waals surface area contributed by atoms with Gasteiger partial charge < -0.3 is 33.5 Å². The van der Waals surface area contributed by atoms with E-state index in [1.165, 1.54) is 11.8 Å². The zero-order chi connectivity index (χ0) is 27.5. The fraction of sp³-hybridized carbons (Fsp3) is 0.630. The summed E-state index contributed by atoms with van der Waals surface area (Å²) in [6.07, 6.45) is -2.69. The van der Waals surface area contributed by atoms with Crippen molar-refractivity contribution in [2.75, 3.05) is 6.61 Å². The molecule has 11 heteroatoms. The minimum atomic E-state index is -2.83. The van der Waals surface area contributed by atoms with Crippen LogP contribution < -0.4 is 5.32 Å². The molecule has 1 amide bonds. The molecule has 1 aromatic carbocycles. The smallest absolute Gasteiger partial charge is 0.349 e. The third-order valence-electron chi connectivity index (χ3n) is 7.52. The first-order valence-corrected chi connectivity index (χ1v) is 15.7. The number of esters is 1. The molecule has 6 atom stereocenters. The van der Waals surface area contributed by atoms with Crippen molar-refractivity contribution < 1.29 is 37.8 Å². The third-order valence-corrected chi connectivity index (χ3v) is 14.1. The van der Waals surface area contributed by atoms with Gasteiger partial charge in [-0.15, -0.1) is 11.8 Å². The van der Waals surface area contributed by atoms with Crippen molar-refractivity contribution in [1.29, 1.82) is 0 Å². The summed E-state index contributed by atoms with van der Waals surface area (Å²) in [5, 5.41) is 13.2. The van der Waals surface area contributed by atoms with E-state index in [-0.39, 0.29) is 23.1 Å². The Morgan fingerprint density at radius 1 is 1.16 bits per heavy atom. The number of thioether (sulfide) groups is 1. The van der Waals surface area contributed by atoms with Gasteiger partial charge in [0.05, 0.1) is 12.7 Å². The summed E-state index contributed by atoms with van der Waals surface area (Å²) < 4.78 is 31.0. The van der Waals surface area contributed by atoms with Gasteiger partial charge in [0, 0.05) is 16.5 Å². The lowest BCUT2D eigenvalue weighted by molar-refractivity contribution is -0.256. The summed E-state index contributed by atoms with van der Waals surface area (Å²) >= 11 is 1.22. The molecular formula is C27H37NO8SSi. The van der Waals surface area contributed by atoms with Crippen LogP contribution in [0.2, 0.25) is 10.1 Å². The van der Waals surface area contributed by atoms with E-state index in [0.717, 1.165) is 5.56 Å². The Morgan fingerprint density at radius 3 is 2.50 bits per heavy atom. The van der Waals surface area contributed by atoms with Crippen LogP contribution in [0.25, 0.3) is 0 Å². The topological polar surface area (TPSA) is 113 Å². The highest BCUT2D eigenvalue weighted by Gasteiger charge is 2.65. The average molecular weight is 564 g/mol. The first kappa shape index (κ1) is 27.7. The van der Waals surface area contributed by atoms with Crippen LogP contribution in [0, 0.1) is 0 Å². The fourth-order valence-corrected chi connectivity index (χ4v) is 12.1. The number of fused-ring (bicyclic) bond motifs is 2. The number of hydrogen-bond acceptors (Lipinski definition) is 9. The quantitative estimate of drug-likeness (QED) is 0.421. The van der Waals surface area contributed by atoms with Gasteiger partial charge in [0.2, 0.25) is 6.29 Å². The molecule has 0 unspecified atom stereocenters. The number of carbonyl (C=O) groups is 2. The standard InChI is InChI=1S/C27H37NO8SSi/c1-26(2,3)38(27(4,5)6)33-14-18-20(36-38)19(29)22-25(35-18)34-17-12-16(28-23(30)21(17)37-22)24(31)32-13-15-10-8-7-9-11-15/h7-11,16,18-20,22,25,29H,12-14H2,1-6H3,(H,28,30)/t16-,18+,19-,20-,22+,25-/m0/s1. The summed E-state index contributed by atoms with van der Waals surface area (Å²) in [5.41, 5.74) is 0.858. The van der Waals surface area contributed by atoms with Crippen LogP contribution >= 0.6 is 11.8 Å². The molecule has 1 aromatic rings. The van der Waals surface area contributed by atoms with Crippen LogP contribution in [0.3, 0.4) is 0 Å². The van der Waals surface area contributed by atoms with Gasteiger partial charge in [0.1, 0.15) is 40.8 Å². The largest absolute Gasteiger partial charge is 0.466 e. The van der Waals surface area contributed by atoms with Crippen LogP contribution in [-0.2, 0) is 39.3 Å². The molecule has 4 heterocycles. The molecule has 2 N–H and O–H groups in total. The molecule has 4 aliphatic rings. The van der Waals surface area contributed by atoms with Crippen LogP contribution in [0.4, 0.5) is 0 Å². The molecule has 0 radical (unpaired) electrons. The molecule has 208 valence electrons. The van der Waals surface area contributed by atoms with Crippen molar-refractivity contribution in [1.82, 2.24) is 5.32 Å². The van der Waals surface area contributed by atoms with Gasteiger partial charge in [0.15, 0.2) is 0 Å². The number of hydrogen-bond donors (Lipinski definition) is 2. The predicted molar refractivity (Wildman–Crippen MR) is 143 cm³/mol. The van der Waals surface area contributed by atoms with Gasteiger partial charge >= 0.3 is 14.5 Å². The fourth-order valence-electron chi connectivity index (χ4n) is 5.88. The van der Waals surface area contributed by atoms with Crippen LogP contribution in [0.5, 0.6) is 0 Å².